The Bertz CT molecular complexity index is 1620. The topological polar surface area (TPSA) is 126 Å². The molecule has 0 saturated carbocycles. The van der Waals surface area contributed by atoms with Crippen molar-refractivity contribution in [2.75, 3.05) is 23.9 Å². The normalized spacial score (nSPS) is 11.3. The maximum absolute atomic E-state index is 14.5. The number of pyridine rings is 1. The van der Waals surface area contributed by atoms with Crippen LogP contribution in [0.2, 0.25) is 0 Å². The predicted octanol–water partition coefficient (Wildman–Crippen LogP) is 4.59. The molecule has 0 radical (unpaired) electrons. The van der Waals surface area contributed by atoms with Crippen molar-refractivity contribution < 1.29 is 22.7 Å². The molecule has 1 amide bonds. The molecule has 4 N–H and O–H groups in total. The number of anilines is 3. The van der Waals surface area contributed by atoms with Gasteiger partial charge in [-0.25, -0.2) is 17.8 Å². The van der Waals surface area contributed by atoms with Crippen LogP contribution in [0, 0.1) is 12.7 Å². The van der Waals surface area contributed by atoms with Crippen molar-refractivity contribution in [3.8, 4) is 17.0 Å². The summed E-state index contributed by atoms with van der Waals surface area (Å²) in [5.41, 5.74) is 9.45. The van der Waals surface area contributed by atoms with Crippen LogP contribution in [-0.4, -0.2) is 37.7 Å². The van der Waals surface area contributed by atoms with Crippen LogP contribution in [-0.2, 0) is 16.4 Å². The summed E-state index contributed by atoms with van der Waals surface area (Å²) in [5.74, 6) is -0.907. The van der Waals surface area contributed by atoms with Gasteiger partial charge in [-0.1, -0.05) is 18.2 Å². The zero-order valence-corrected chi connectivity index (χ0v) is 21.9. The number of rotatable bonds is 7. The summed E-state index contributed by atoms with van der Waals surface area (Å²) in [6.45, 7) is 1.97. The van der Waals surface area contributed by atoms with E-state index < -0.39 is 15.7 Å². The Morgan fingerprint density at radius 1 is 1.05 bits per heavy atom. The summed E-state index contributed by atoms with van der Waals surface area (Å²) < 4.78 is 37.7. The molecule has 0 fully saturated rings. The summed E-state index contributed by atoms with van der Waals surface area (Å²) in [7, 11) is -1.59. The Balaban J connectivity index is 1.53. The number of carbonyl (C=O) groups excluding carboxylic acids is 1. The van der Waals surface area contributed by atoms with E-state index in [1.807, 2.05) is 13.0 Å². The Hall–Kier alpha value is -4.44. The number of amides is 1. The lowest BCUT2D eigenvalue weighted by Crippen LogP contribution is -2.24. The predicted molar refractivity (Wildman–Crippen MR) is 146 cm³/mol. The van der Waals surface area contributed by atoms with Crippen LogP contribution < -0.4 is 16.0 Å². The summed E-state index contributed by atoms with van der Waals surface area (Å²) in [4.78, 5) is 18.9. The molecule has 4 rings (SSSR count). The molecule has 0 aliphatic heterocycles. The second-order valence-electron chi connectivity index (χ2n) is 8.94. The third-order valence-corrected chi connectivity index (χ3v) is 7.21. The van der Waals surface area contributed by atoms with Crippen molar-refractivity contribution in [3.05, 3.63) is 95.3 Å². The van der Waals surface area contributed by atoms with E-state index >= 15 is 0 Å². The Labute approximate surface area is 220 Å². The number of hydrogen-bond acceptors (Lipinski definition) is 7. The number of nitrogens with zero attached hydrogens (tertiary/aromatic N) is 2. The molecule has 0 atom stereocenters. The first-order valence-electron chi connectivity index (χ1n) is 11.6. The highest BCUT2D eigenvalue weighted by Crippen LogP contribution is 2.35. The molecule has 3 aromatic carbocycles. The van der Waals surface area contributed by atoms with Crippen molar-refractivity contribution >= 4 is 32.9 Å². The number of phenols is 1. The number of halogens is 1. The van der Waals surface area contributed by atoms with Gasteiger partial charge in [-0.3, -0.25) is 4.79 Å². The van der Waals surface area contributed by atoms with E-state index in [0.717, 1.165) is 11.8 Å². The van der Waals surface area contributed by atoms with Gasteiger partial charge in [0, 0.05) is 31.1 Å². The van der Waals surface area contributed by atoms with Crippen LogP contribution in [0.1, 0.15) is 21.5 Å². The van der Waals surface area contributed by atoms with Crippen LogP contribution >= 0.6 is 0 Å². The number of aryl methyl sites for hydroxylation is 1. The fourth-order valence-electron chi connectivity index (χ4n) is 3.91. The largest absolute Gasteiger partial charge is 0.507 e. The lowest BCUT2D eigenvalue weighted by atomic mass is 10.1. The van der Waals surface area contributed by atoms with Gasteiger partial charge in [0.05, 0.1) is 21.8 Å². The molecule has 0 aliphatic carbocycles. The number of aromatic nitrogens is 1. The van der Waals surface area contributed by atoms with Gasteiger partial charge in [0.25, 0.3) is 5.91 Å². The van der Waals surface area contributed by atoms with Crippen molar-refractivity contribution in [2.24, 2.45) is 0 Å². The highest BCUT2D eigenvalue weighted by atomic mass is 32.2. The molecule has 38 heavy (non-hydrogen) atoms. The van der Waals surface area contributed by atoms with E-state index in [-0.39, 0.29) is 34.4 Å². The minimum atomic E-state index is -3.30. The number of nitrogen functional groups attached to an aromatic ring is 1. The van der Waals surface area contributed by atoms with E-state index in [0.29, 0.717) is 28.2 Å². The van der Waals surface area contributed by atoms with E-state index in [1.54, 1.807) is 48.3 Å². The van der Waals surface area contributed by atoms with E-state index in [4.69, 9.17) is 5.73 Å². The SMILES string of the molecule is Cc1ccc(N(C)c2ccc(O)c(-c3ccc(C(=O)NCc4ccc(S(C)(=O)=O)cc4)c(N)n3)c2)c(F)c1. The van der Waals surface area contributed by atoms with Crippen LogP contribution in [0.25, 0.3) is 11.3 Å². The lowest BCUT2D eigenvalue weighted by Gasteiger charge is -2.21. The van der Waals surface area contributed by atoms with Crippen LogP contribution in [0.4, 0.5) is 21.6 Å². The second-order valence-corrected chi connectivity index (χ2v) is 11.0. The van der Waals surface area contributed by atoms with Gasteiger partial charge in [-0.15, -0.1) is 0 Å². The first kappa shape index (κ1) is 26.6. The summed E-state index contributed by atoms with van der Waals surface area (Å²) in [5, 5.41) is 13.2. The fraction of sp³-hybridized carbons (Fsp3) is 0.143. The van der Waals surface area contributed by atoms with Gasteiger partial charge in [-0.05, 0) is 72.6 Å². The first-order chi connectivity index (χ1) is 17.9. The summed E-state index contributed by atoms with van der Waals surface area (Å²) in [6.07, 6.45) is 1.13. The van der Waals surface area contributed by atoms with Gasteiger partial charge in [-0.2, -0.15) is 0 Å². The highest BCUT2D eigenvalue weighted by Gasteiger charge is 2.17. The number of phenolic OH excluding ortho intramolecular Hbond substituents is 1. The van der Waals surface area contributed by atoms with Crippen molar-refractivity contribution in [1.29, 1.82) is 0 Å². The molecule has 4 aromatic rings. The monoisotopic (exact) mass is 534 g/mol. The number of sulfone groups is 1. The van der Waals surface area contributed by atoms with Crippen molar-refractivity contribution in [1.82, 2.24) is 10.3 Å². The first-order valence-corrected chi connectivity index (χ1v) is 13.5. The molecule has 0 unspecified atom stereocenters. The van der Waals surface area contributed by atoms with Crippen LogP contribution in [0.5, 0.6) is 5.75 Å². The van der Waals surface area contributed by atoms with Gasteiger partial charge < -0.3 is 21.1 Å². The fourth-order valence-corrected chi connectivity index (χ4v) is 4.54. The molecule has 1 aromatic heterocycles. The number of nitrogens with one attached hydrogen (secondary N) is 1. The average molecular weight is 535 g/mol. The molecular formula is C28H27FN4O4S. The Morgan fingerprint density at radius 2 is 1.76 bits per heavy atom. The third kappa shape index (κ3) is 5.76. The number of hydrogen-bond donors (Lipinski definition) is 3. The summed E-state index contributed by atoms with van der Waals surface area (Å²) >= 11 is 0. The summed E-state index contributed by atoms with van der Waals surface area (Å²) in [6, 6.07) is 19.0. The van der Waals surface area contributed by atoms with Gasteiger partial charge >= 0.3 is 0 Å². The highest BCUT2D eigenvalue weighted by molar-refractivity contribution is 7.90. The van der Waals surface area contributed by atoms with Gasteiger partial charge in [0.15, 0.2) is 9.84 Å². The molecule has 0 bridgehead atoms. The average Bonchev–Trinajstić information content (AvgIpc) is 2.87. The molecule has 196 valence electrons. The van der Waals surface area contributed by atoms with Crippen molar-refractivity contribution in [2.45, 2.75) is 18.4 Å². The molecule has 10 heteroatoms. The zero-order valence-electron chi connectivity index (χ0n) is 21.1. The Kier molecular flexibility index (Phi) is 7.36. The molecular weight excluding hydrogens is 507 g/mol. The minimum absolute atomic E-state index is 0.0323. The number of benzene rings is 3. The van der Waals surface area contributed by atoms with E-state index in [2.05, 4.69) is 10.3 Å². The molecule has 0 spiro atoms. The molecule has 1 heterocycles. The molecule has 8 nitrogen and oxygen atoms in total. The molecule has 0 saturated heterocycles. The number of nitrogens with two attached hydrogens (primary N) is 1. The number of carbonyl (C=O) groups is 1. The van der Waals surface area contributed by atoms with Crippen LogP contribution in [0.3, 0.4) is 0 Å². The van der Waals surface area contributed by atoms with E-state index in [1.165, 1.54) is 30.3 Å². The maximum Gasteiger partial charge on any atom is 0.255 e. The van der Waals surface area contributed by atoms with Crippen molar-refractivity contribution in [3.63, 3.8) is 0 Å². The Morgan fingerprint density at radius 3 is 2.39 bits per heavy atom. The van der Waals surface area contributed by atoms with Crippen LogP contribution in [0.15, 0.2) is 77.7 Å². The van der Waals surface area contributed by atoms with Gasteiger partial charge in [0.1, 0.15) is 17.4 Å². The van der Waals surface area contributed by atoms with E-state index in [9.17, 15) is 22.7 Å². The second kappa shape index (κ2) is 10.5. The lowest BCUT2D eigenvalue weighted by molar-refractivity contribution is 0.0951. The minimum Gasteiger partial charge on any atom is -0.507 e. The molecule has 0 aliphatic rings. The quantitative estimate of drug-likeness (QED) is 0.317. The third-order valence-electron chi connectivity index (χ3n) is 6.08. The smallest absolute Gasteiger partial charge is 0.255 e. The zero-order chi connectivity index (χ0) is 27.6. The van der Waals surface area contributed by atoms with Gasteiger partial charge in [0.2, 0.25) is 0 Å². The maximum atomic E-state index is 14.5. The number of aromatic hydroxyl groups is 1. The standard InChI is InChI=1S/C28H27FN4O4S/c1-17-4-12-25(23(29)14-17)33(2)19-7-13-26(34)22(15-19)24-11-10-21(27(30)32-24)28(35)31-16-18-5-8-20(9-6-18)38(3,36)37/h4-15,34H,16H2,1-3H3,(H2,30,32)(H,31,35).